The molecular weight excluding hydrogens is 280 g/mol. The third kappa shape index (κ3) is 2.94. The van der Waals surface area contributed by atoms with E-state index in [0.29, 0.717) is 0 Å². The average Bonchev–Trinajstić information content (AvgIpc) is 3.06. The molecule has 1 heterocycles. The van der Waals surface area contributed by atoms with Gasteiger partial charge in [0.2, 0.25) is 0 Å². The molecule has 0 N–H and O–H groups in total. The van der Waals surface area contributed by atoms with Crippen molar-refractivity contribution in [2.24, 2.45) is 0 Å². The molecule has 118 valence electrons. The first-order valence-electron chi connectivity index (χ1n) is 8.23. The molecule has 0 saturated carbocycles. The lowest BCUT2D eigenvalue weighted by atomic mass is 9.92. The Bertz CT molecular complexity index is 787. The molecule has 0 radical (unpaired) electrons. The second kappa shape index (κ2) is 6.41. The molecule has 0 aliphatic rings. The highest BCUT2D eigenvalue weighted by Gasteiger charge is 2.19. The van der Waals surface area contributed by atoms with E-state index in [1.165, 1.54) is 22.3 Å². The number of nitrogens with zero attached hydrogens (tertiary/aromatic N) is 2. The molecule has 3 aromatic rings. The lowest BCUT2D eigenvalue weighted by Gasteiger charge is -2.22. The standard InChI is InChI=1S/C21H24N2/c1-15-9-8-12-20(16(15)2)17(3)21-22-13-14-23(21)18(4)19-10-6-5-7-11-19/h5-14,17-18H,1-4H3. The zero-order valence-electron chi connectivity index (χ0n) is 14.3. The summed E-state index contributed by atoms with van der Waals surface area (Å²) >= 11 is 0. The minimum atomic E-state index is 0.274. The summed E-state index contributed by atoms with van der Waals surface area (Å²) in [6.07, 6.45) is 4.00. The lowest BCUT2D eigenvalue weighted by Crippen LogP contribution is -2.13. The van der Waals surface area contributed by atoms with Crippen LogP contribution in [0.25, 0.3) is 0 Å². The maximum atomic E-state index is 4.67. The van der Waals surface area contributed by atoms with Gasteiger partial charge in [-0.05, 0) is 43.0 Å². The van der Waals surface area contributed by atoms with Gasteiger partial charge < -0.3 is 4.57 Å². The van der Waals surface area contributed by atoms with Gasteiger partial charge >= 0.3 is 0 Å². The first kappa shape index (κ1) is 15.5. The third-order valence-corrected chi connectivity index (χ3v) is 4.90. The van der Waals surface area contributed by atoms with Crippen LogP contribution < -0.4 is 0 Å². The molecule has 2 unspecified atom stereocenters. The summed E-state index contributed by atoms with van der Waals surface area (Å²) in [5.41, 5.74) is 5.36. The van der Waals surface area contributed by atoms with Gasteiger partial charge in [-0.2, -0.15) is 0 Å². The molecule has 2 nitrogen and oxygen atoms in total. The van der Waals surface area contributed by atoms with E-state index in [-0.39, 0.29) is 12.0 Å². The Hall–Kier alpha value is -2.35. The Morgan fingerprint density at radius 3 is 2.39 bits per heavy atom. The molecule has 2 aromatic carbocycles. The van der Waals surface area contributed by atoms with Gasteiger partial charge in [-0.1, -0.05) is 55.5 Å². The van der Waals surface area contributed by atoms with Gasteiger partial charge in [-0.25, -0.2) is 4.98 Å². The predicted molar refractivity (Wildman–Crippen MR) is 95.9 cm³/mol. The first-order chi connectivity index (χ1) is 11.1. The molecule has 0 fully saturated rings. The van der Waals surface area contributed by atoms with Crippen molar-refractivity contribution in [1.82, 2.24) is 9.55 Å². The molecule has 1 aromatic heterocycles. The molecule has 0 spiro atoms. The van der Waals surface area contributed by atoms with E-state index >= 15 is 0 Å². The molecule has 0 saturated heterocycles. The summed E-state index contributed by atoms with van der Waals surface area (Å²) in [5.74, 6) is 1.39. The fourth-order valence-corrected chi connectivity index (χ4v) is 3.26. The third-order valence-electron chi connectivity index (χ3n) is 4.90. The van der Waals surface area contributed by atoms with E-state index < -0.39 is 0 Å². The van der Waals surface area contributed by atoms with Gasteiger partial charge in [0.15, 0.2) is 0 Å². The lowest BCUT2D eigenvalue weighted by molar-refractivity contribution is 0.586. The summed E-state index contributed by atoms with van der Waals surface area (Å²) in [6.45, 7) is 8.86. The van der Waals surface area contributed by atoms with Crippen LogP contribution in [0.1, 0.15) is 53.9 Å². The van der Waals surface area contributed by atoms with Gasteiger partial charge in [0.25, 0.3) is 0 Å². The van der Waals surface area contributed by atoms with Crippen LogP contribution >= 0.6 is 0 Å². The Morgan fingerprint density at radius 2 is 1.65 bits per heavy atom. The summed E-state index contributed by atoms with van der Waals surface area (Å²) in [5, 5.41) is 0. The highest BCUT2D eigenvalue weighted by atomic mass is 15.1. The van der Waals surface area contributed by atoms with Crippen molar-refractivity contribution in [2.75, 3.05) is 0 Å². The number of hydrogen-bond acceptors (Lipinski definition) is 1. The fraction of sp³-hybridized carbons (Fsp3) is 0.286. The minimum Gasteiger partial charge on any atom is -0.327 e. The SMILES string of the molecule is Cc1cccc(C(C)c2nccn2C(C)c2ccccc2)c1C. The number of benzene rings is 2. The highest BCUT2D eigenvalue weighted by Crippen LogP contribution is 2.30. The monoisotopic (exact) mass is 304 g/mol. The van der Waals surface area contributed by atoms with Gasteiger partial charge in [0, 0.05) is 18.3 Å². The van der Waals surface area contributed by atoms with E-state index in [0.717, 1.165) is 5.82 Å². The van der Waals surface area contributed by atoms with Gasteiger partial charge in [0.05, 0.1) is 6.04 Å². The first-order valence-corrected chi connectivity index (χ1v) is 8.23. The summed E-state index contributed by atoms with van der Waals surface area (Å²) < 4.78 is 2.29. The van der Waals surface area contributed by atoms with E-state index in [1.54, 1.807) is 0 Å². The Morgan fingerprint density at radius 1 is 0.913 bits per heavy atom. The zero-order chi connectivity index (χ0) is 16.4. The van der Waals surface area contributed by atoms with E-state index in [2.05, 4.69) is 92.0 Å². The van der Waals surface area contributed by atoms with Crippen molar-refractivity contribution in [1.29, 1.82) is 0 Å². The number of rotatable bonds is 4. The van der Waals surface area contributed by atoms with Crippen molar-refractivity contribution < 1.29 is 0 Å². The Kier molecular flexibility index (Phi) is 4.33. The average molecular weight is 304 g/mol. The topological polar surface area (TPSA) is 17.8 Å². The van der Waals surface area contributed by atoms with Crippen LogP contribution in [0.3, 0.4) is 0 Å². The van der Waals surface area contributed by atoms with Crippen LogP contribution in [0.2, 0.25) is 0 Å². The van der Waals surface area contributed by atoms with Crippen molar-refractivity contribution in [3.8, 4) is 0 Å². The van der Waals surface area contributed by atoms with Crippen LogP contribution in [0.4, 0.5) is 0 Å². The summed E-state index contributed by atoms with van der Waals surface area (Å²) in [7, 11) is 0. The quantitative estimate of drug-likeness (QED) is 0.643. The largest absolute Gasteiger partial charge is 0.327 e. The molecule has 0 bridgehead atoms. The predicted octanol–water partition coefficient (Wildman–Crippen LogP) is 5.26. The van der Waals surface area contributed by atoms with Gasteiger partial charge in [-0.15, -0.1) is 0 Å². The molecule has 2 heteroatoms. The molecule has 0 amide bonds. The van der Waals surface area contributed by atoms with Crippen LogP contribution in [0, 0.1) is 13.8 Å². The van der Waals surface area contributed by atoms with E-state index in [1.807, 2.05) is 6.20 Å². The smallest absolute Gasteiger partial charge is 0.116 e. The van der Waals surface area contributed by atoms with Crippen LogP contribution in [-0.2, 0) is 0 Å². The molecule has 0 aliphatic carbocycles. The van der Waals surface area contributed by atoms with Crippen molar-refractivity contribution in [3.63, 3.8) is 0 Å². The maximum absolute atomic E-state index is 4.67. The zero-order valence-corrected chi connectivity index (χ0v) is 14.3. The normalized spacial score (nSPS) is 13.7. The van der Waals surface area contributed by atoms with E-state index in [9.17, 15) is 0 Å². The second-order valence-electron chi connectivity index (χ2n) is 6.29. The van der Waals surface area contributed by atoms with E-state index in [4.69, 9.17) is 0 Å². The Balaban J connectivity index is 1.99. The second-order valence-corrected chi connectivity index (χ2v) is 6.29. The van der Waals surface area contributed by atoms with Crippen molar-refractivity contribution in [2.45, 2.75) is 39.7 Å². The van der Waals surface area contributed by atoms with Crippen LogP contribution in [0.15, 0.2) is 60.9 Å². The fourth-order valence-electron chi connectivity index (χ4n) is 3.26. The highest BCUT2D eigenvalue weighted by molar-refractivity contribution is 5.38. The van der Waals surface area contributed by atoms with Crippen molar-refractivity contribution in [3.05, 3.63) is 89.0 Å². The molecule has 3 rings (SSSR count). The van der Waals surface area contributed by atoms with Gasteiger partial charge in [-0.3, -0.25) is 0 Å². The summed E-state index contributed by atoms with van der Waals surface area (Å²) in [4.78, 5) is 4.67. The maximum Gasteiger partial charge on any atom is 0.116 e. The van der Waals surface area contributed by atoms with Gasteiger partial charge in [0.1, 0.15) is 5.82 Å². The van der Waals surface area contributed by atoms with Crippen LogP contribution in [-0.4, -0.2) is 9.55 Å². The number of aryl methyl sites for hydroxylation is 1. The van der Waals surface area contributed by atoms with Crippen molar-refractivity contribution >= 4 is 0 Å². The molecule has 2 atom stereocenters. The number of hydrogen-bond donors (Lipinski definition) is 0. The molecular formula is C21H24N2. The molecule has 23 heavy (non-hydrogen) atoms. The Labute approximate surface area is 138 Å². The number of aromatic nitrogens is 2. The minimum absolute atomic E-state index is 0.274. The number of imidazole rings is 1. The van der Waals surface area contributed by atoms with Crippen LogP contribution in [0.5, 0.6) is 0 Å². The molecule has 0 aliphatic heterocycles. The summed E-state index contributed by atoms with van der Waals surface area (Å²) in [6, 6.07) is 17.4.